The molecule has 21 heavy (non-hydrogen) atoms. The molecule has 0 amide bonds. The molecule has 2 unspecified atom stereocenters. The Balaban J connectivity index is 1.93. The average Bonchev–Trinajstić information content (AvgIpc) is 2.96. The van der Waals surface area contributed by atoms with Crippen molar-refractivity contribution in [3.8, 4) is 0 Å². The highest BCUT2D eigenvalue weighted by molar-refractivity contribution is 7.91. The molecule has 2 N–H and O–H groups in total. The monoisotopic (exact) mass is 309 g/mol. The number of hydrogen-bond acceptors (Lipinski definition) is 4. The van der Waals surface area contributed by atoms with Crippen molar-refractivity contribution in [3.63, 3.8) is 0 Å². The van der Waals surface area contributed by atoms with E-state index in [2.05, 4.69) is 15.5 Å². The third kappa shape index (κ3) is 2.71. The largest absolute Gasteiger partial charge is 0.303 e. The predicted molar refractivity (Wildman–Crippen MR) is 75.9 cm³/mol. The highest BCUT2D eigenvalue weighted by Gasteiger charge is 2.31. The van der Waals surface area contributed by atoms with Gasteiger partial charge in [0.2, 0.25) is 0 Å². The van der Waals surface area contributed by atoms with E-state index in [9.17, 15) is 12.8 Å². The molecule has 0 saturated heterocycles. The molecule has 1 aliphatic rings. The van der Waals surface area contributed by atoms with E-state index in [0.29, 0.717) is 12.0 Å². The summed E-state index contributed by atoms with van der Waals surface area (Å²) in [6.07, 6.45) is 3.93. The van der Waals surface area contributed by atoms with Crippen molar-refractivity contribution in [1.29, 1.82) is 0 Å². The number of sulfone groups is 1. The second-order valence-corrected chi connectivity index (χ2v) is 7.34. The van der Waals surface area contributed by atoms with E-state index in [-0.39, 0.29) is 22.7 Å². The summed E-state index contributed by atoms with van der Waals surface area (Å²) in [5.41, 5.74) is 1.48. The molecule has 2 aromatic rings. The number of aromatic nitrogens is 2. The van der Waals surface area contributed by atoms with Crippen LogP contribution in [0.2, 0.25) is 0 Å². The minimum Gasteiger partial charge on any atom is -0.303 e. The molecule has 0 bridgehead atoms. The first kappa shape index (κ1) is 14.2. The highest BCUT2D eigenvalue weighted by Crippen LogP contribution is 2.34. The van der Waals surface area contributed by atoms with Crippen molar-refractivity contribution >= 4 is 9.84 Å². The zero-order valence-corrected chi connectivity index (χ0v) is 12.3. The number of nitrogens with zero attached hydrogens (tertiary/aromatic N) is 1. The Kier molecular flexibility index (Phi) is 3.54. The van der Waals surface area contributed by atoms with Crippen LogP contribution < -0.4 is 5.32 Å². The fourth-order valence-electron chi connectivity index (χ4n) is 2.68. The van der Waals surface area contributed by atoms with E-state index in [4.69, 9.17) is 0 Å². The minimum absolute atomic E-state index is 0.00864. The molecule has 0 radical (unpaired) electrons. The van der Waals surface area contributed by atoms with Crippen LogP contribution in [0.1, 0.15) is 36.6 Å². The first-order valence-corrected chi connectivity index (χ1v) is 8.39. The van der Waals surface area contributed by atoms with Crippen LogP contribution in [0.3, 0.4) is 0 Å². The van der Waals surface area contributed by atoms with Gasteiger partial charge >= 0.3 is 0 Å². The van der Waals surface area contributed by atoms with Gasteiger partial charge in [-0.05, 0) is 37.1 Å². The number of rotatable bonds is 3. The summed E-state index contributed by atoms with van der Waals surface area (Å²) in [7, 11) is -3.31. The van der Waals surface area contributed by atoms with Gasteiger partial charge in [0.1, 0.15) is 5.82 Å². The van der Waals surface area contributed by atoms with Crippen molar-refractivity contribution in [1.82, 2.24) is 15.5 Å². The number of nitrogens with one attached hydrogen (secondary N) is 2. The SMILES string of the molecule is CC(NC1CCS(=O)(=O)c2ccc(F)cc21)c1cn[nH]c1. The lowest BCUT2D eigenvalue weighted by molar-refractivity contribution is 0.439. The Bertz CT molecular complexity index is 744. The number of aromatic amines is 1. The van der Waals surface area contributed by atoms with E-state index in [1.54, 1.807) is 12.4 Å². The van der Waals surface area contributed by atoms with Crippen LogP contribution in [0.4, 0.5) is 4.39 Å². The van der Waals surface area contributed by atoms with Gasteiger partial charge in [-0.3, -0.25) is 5.10 Å². The normalized spacial score (nSPS) is 21.7. The molecule has 112 valence electrons. The third-order valence-corrected chi connectivity index (χ3v) is 5.64. The lowest BCUT2D eigenvalue weighted by Gasteiger charge is -2.28. The predicted octanol–water partition coefficient (Wildman–Crippen LogP) is 2.12. The molecule has 3 rings (SSSR count). The Labute approximate surface area is 122 Å². The van der Waals surface area contributed by atoms with E-state index in [1.807, 2.05) is 6.92 Å². The van der Waals surface area contributed by atoms with Gasteiger partial charge in [-0.1, -0.05) is 0 Å². The molecule has 1 aliphatic heterocycles. The topological polar surface area (TPSA) is 74.8 Å². The molecule has 7 heteroatoms. The van der Waals surface area contributed by atoms with Crippen LogP contribution in [0.15, 0.2) is 35.5 Å². The molecule has 0 spiro atoms. The zero-order chi connectivity index (χ0) is 15.0. The molecular formula is C14H16FN3O2S. The Morgan fingerprint density at radius 2 is 2.29 bits per heavy atom. The zero-order valence-electron chi connectivity index (χ0n) is 11.5. The standard InChI is InChI=1S/C14H16FN3O2S/c1-9(10-7-16-17-8-10)18-13-4-5-21(19,20)14-3-2-11(15)6-12(13)14/h2-3,6-9,13,18H,4-5H2,1H3,(H,16,17). The van der Waals surface area contributed by atoms with Crippen LogP contribution in [-0.4, -0.2) is 24.4 Å². The molecule has 0 aliphatic carbocycles. The smallest absolute Gasteiger partial charge is 0.178 e. The van der Waals surface area contributed by atoms with Gasteiger partial charge in [0.25, 0.3) is 0 Å². The van der Waals surface area contributed by atoms with Gasteiger partial charge in [-0.15, -0.1) is 0 Å². The van der Waals surface area contributed by atoms with E-state index in [1.165, 1.54) is 18.2 Å². The quantitative estimate of drug-likeness (QED) is 0.852. The summed E-state index contributed by atoms with van der Waals surface area (Å²) in [4.78, 5) is 0.229. The van der Waals surface area contributed by atoms with Gasteiger partial charge in [0.15, 0.2) is 9.84 Å². The van der Waals surface area contributed by atoms with E-state index in [0.717, 1.165) is 5.56 Å². The second-order valence-electron chi connectivity index (χ2n) is 5.26. The van der Waals surface area contributed by atoms with Gasteiger partial charge in [-0.25, -0.2) is 12.8 Å². The third-order valence-electron chi connectivity index (χ3n) is 3.83. The van der Waals surface area contributed by atoms with Crippen LogP contribution in [0, 0.1) is 5.82 Å². The molecule has 1 aromatic carbocycles. The lowest BCUT2D eigenvalue weighted by atomic mass is 10.0. The molecule has 2 atom stereocenters. The Morgan fingerprint density at radius 3 is 3.00 bits per heavy atom. The van der Waals surface area contributed by atoms with Crippen molar-refractivity contribution < 1.29 is 12.8 Å². The molecule has 2 heterocycles. The van der Waals surface area contributed by atoms with Gasteiger partial charge in [0, 0.05) is 23.8 Å². The fourth-order valence-corrected chi connectivity index (χ4v) is 4.28. The van der Waals surface area contributed by atoms with Crippen molar-refractivity contribution in [3.05, 3.63) is 47.5 Å². The Hall–Kier alpha value is -1.73. The number of halogens is 1. The molecule has 1 aromatic heterocycles. The summed E-state index contributed by atoms with van der Waals surface area (Å²) in [6.45, 7) is 1.97. The van der Waals surface area contributed by atoms with Crippen molar-refractivity contribution in [2.45, 2.75) is 30.3 Å². The first-order valence-electron chi connectivity index (χ1n) is 6.74. The van der Waals surface area contributed by atoms with Gasteiger partial charge in [-0.2, -0.15) is 5.10 Å². The maximum atomic E-state index is 13.5. The molecule has 5 nitrogen and oxygen atoms in total. The van der Waals surface area contributed by atoms with Crippen LogP contribution >= 0.6 is 0 Å². The van der Waals surface area contributed by atoms with Crippen LogP contribution in [-0.2, 0) is 9.84 Å². The van der Waals surface area contributed by atoms with E-state index < -0.39 is 15.7 Å². The highest BCUT2D eigenvalue weighted by atomic mass is 32.2. The second kappa shape index (κ2) is 5.23. The summed E-state index contributed by atoms with van der Waals surface area (Å²) in [6, 6.07) is 3.66. The van der Waals surface area contributed by atoms with Crippen molar-refractivity contribution in [2.75, 3.05) is 5.75 Å². The first-order chi connectivity index (χ1) is 9.97. The lowest BCUT2D eigenvalue weighted by Crippen LogP contribution is -2.31. The van der Waals surface area contributed by atoms with Crippen molar-refractivity contribution in [2.24, 2.45) is 0 Å². The fraction of sp³-hybridized carbons (Fsp3) is 0.357. The summed E-state index contributed by atoms with van der Waals surface area (Å²) in [5.74, 6) is -0.352. The molecule has 0 saturated carbocycles. The van der Waals surface area contributed by atoms with Crippen LogP contribution in [0.25, 0.3) is 0 Å². The maximum absolute atomic E-state index is 13.5. The summed E-state index contributed by atoms with van der Waals surface area (Å²) < 4.78 is 37.7. The molecule has 0 fully saturated rings. The minimum atomic E-state index is -3.31. The number of hydrogen-bond donors (Lipinski definition) is 2. The summed E-state index contributed by atoms with van der Waals surface area (Å²) >= 11 is 0. The van der Waals surface area contributed by atoms with Crippen LogP contribution in [0.5, 0.6) is 0 Å². The van der Waals surface area contributed by atoms with Gasteiger partial charge < -0.3 is 5.32 Å². The number of benzene rings is 1. The average molecular weight is 309 g/mol. The Morgan fingerprint density at radius 1 is 1.48 bits per heavy atom. The number of fused-ring (bicyclic) bond motifs is 1. The summed E-state index contributed by atoms with van der Waals surface area (Å²) in [5, 5.41) is 9.99. The van der Waals surface area contributed by atoms with E-state index >= 15 is 0 Å². The van der Waals surface area contributed by atoms with Gasteiger partial charge in [0.05, 0.1) is 16.8 Å². The maximum Gasteiger partial charge on any atom is 0.178 e. The number of H-pyrrole nitrogens is 1. The molecular weight excluding hydrogens is 293 g/mol.